The standard InChI is InChI=1S/C15H11BrClFN2O/c1-21-14-5-2-9(16)6-13(14)20-12-4-3-10(18)7-11(12)19-15(20)8-17/h2-7H,8H2,1H3. The number of ether oxygens (including phenoxy) is 1. The van der Waals surface area contributed by atoms with Gasteiger partial charge in [0, 0.05) is 10.5 Å². The van der Waals surface area contributed by atoms with E-state index in [1.54, 1.807) is 13.2 Å². The topological polar surface area (TPSA) is 27.1 Å². The summed E-state index contributed by atoms with van der Waals surface area (Å²) < 4.78 is 21.6. The Bertz CT molecular complexity index is 819. The van der Waals surface area contributed by atoms with Crippen LogP contribution in [-0.4, -0.2) is 16.7 Å². The van der Waals surface area contributed by atoms with E-state index in [0.717, 1.165) is 15.7 Å². The number of alkyl halides is 1. The van der Waals surface area contributed by atoms with Crippen LogP contribution in [0, 0.1) is 5.82 Å². The SMILES string of the molecule is COc1ccc(Br)cc1-n1c(CCl)nc2cc(F)ccc21. The van der Waals surface area contributed by atoms with Gasteiger partial charge >= 0.3 is 0 Å². The highest BCUT2D eigenvalue weighted by molar-refractivity contribution is 9.10. The van der Waals surface area contributed by atoms with Crippen LogP contribution in [0.1, 0.15) is 5.82 Å². The van der Waals surface area contributed by atoms with Crippen LogP contribution < -0.4 is 4.74 Å². The van der Waals surface area contributed by atoms with E-state index in [2.05, 4.69) is 20.9 Å². The fraction of sp³-hybridized carbons (Fsp3) is 0.133. The van der Waals surface area contributed by atoms with Crippen molar-refractivity contribution in [2.24, 2.45) is 0 Å². The minimum atomic E-state index is -0.325. The molecule has 0 saturated carbocycles. The van der Waals surface area contributed by atoms with Crippen molar-refractivity contribution in [3.05, 3.63) is 52.5 Å². The molecule has 0 atom stereocenters. The van der Waals surface area contributed by atoms with Gasteiger partial charge in [0.15, 0.2) is 0 Å². The molecule has 2 aromatic carbocycles. The van der Waals surface area contributed by atoms with Gasteiger partial charge in [-0.3, -0.25) is 4.57 Å². The highest BCUT2D eigenvalue weighted by Crippen LogP contribution is 2.31. The fourth-order valence-corrected chi connectivity index (χ4v) is 2.83. The molecule has 0 bridgehead atoms. The Morgan fingerprint density at radius 3 is 2.81 bits per heavy atom. The van der Waals surface area contributed by atoms with E-state index in [1.165, 1.54) is 12.1 Å². The second kappa shape index (κ2) is 5.66. The van der Waals surface area contributed by atoms with Crippen LogP contribution in [0.25, 0.3) is 16.7 Å². The van der Waals surface area contributed by atoms with Gasteiger partial charge in [0.05, 0.1) is 29.7 Å². The third-order valence-electron chi connectivity index (χ3n) is 3.19. The van der Waals surface area contributed by atoms with Crippen LogP contribution in [0.5, 0.6) is 5.75 Å². The summed E-state index contributed by atoms with van der Waals surface area (Å²) >= 11 is 9.45. The van der Waals surface area contributed by atoms with Crippen LogP contribution in [0.15, 0.2) is 40.9 Å². The van der Waals surface area contributed by atoms with E-state index in [4.69, 9.17) is 16.3 Å². The lowest BCUT2D eigenvalue weighted by Crippen LogP contribution is -2.02. The van der Waals surface area contributed by atoms with Crippen LogP contribution >= 0.6 is 27.5 Å². The maximum atomic E-state index is 13.4. The lowest BCUT2D eigenvalue weighted by Gasteiger charge is -2.13. The molecule has 0 aliphatic carbocycles. The molecular formula is C15H11BrClFN2O. The molecule has 0 unspecified atom stereocenters. The van der Waals surface area contributed by atoms with Crippen molar-refractivity contribution in [3.8, 4) is 11.4 Å². The van der Waals surface area contributed by atoms with Crippen LogP contribution in [0.4, 0.5) is 4.39 Å². The summed E-state index contributed by atoms with van der Waals surface area (Å²) in [6.45, 7) is 0. The predicted molar refractivity (Wildman–Crippen MR) is 84.8 cm³/mol. The molecule has 3 rings (SSSR count). The van der Waals surface area contributed by atoms with Crippen LogP contribution in [0.2, 0.25) is 0 Å². The van der Waals surface area contributed by atoms with E-state index in [0.29, 0.717) is 17.1 Å². The number of halogens is 3. The highest BCUT2D eigenvalue weighted by Gasteiger charge is 2.16. The lowest BCUT2D eigenvalue weighted by molar-refractivity contribution is 0.413. The van der Waals surface area contributed by atoms with Crippen molar-refractivity contribution >= 4 is 38.6 Å². The quantitative estimate of drug-likeness (QED) is 0.627. The molecular weight excluding hydrogens is 359 g/mol. The third kappa shape index (κ3) is 2.51. The number of methoxy groups -OCH3 is 1. The average molecular weight is 370 g/mol. The molecule has 0 fully saturated rings. The zero-order valence-corrected chi connectivity index (χ0v) is 13.4. The minimum Gasteiger partial charge on any atom is -0.495 e. The van der Waals surface area contributed by atoms with E-state index in [-0.39, 0.29) is 11.7 Å². The smallest absolute Gasteiger partial charge is 0.142 e. The molecule has 1 aromatic heterocycles. The molecule has 0 saturated heterocycles. The van der Waals surface area contributed by atoms with Crippen molar-refractivity contribution in [2.45, 2.75) is 5.88 Å². The van der Waals surface area contributed by atoms with E-state index in [9.17, 15) is 4.39 Å². The van der Waals surface area contributed by atoms with Gasteiger partial charge < -0.3 is 4.74 Å². The van der Waals surface area contributed by atoms with Crippen molar-refractivity contribution in [2.75, 3.05) is 7.11 Å². The first kappa shape index (κ1) is 14.4. The van der Waals surface area contributed by atoms with Gasteiger partial charge in [0.25, 0.3) is 0 Å². The van der Waals surface area contributed by atoms with Crippen molar-refractivity contribution in [3.63, 3.8) is 0 Å². The van der Waals surface area contributed by atoms with Gasteiger partial charge in [-0.1, -0.05) is 15.9 Å². The monoisotopic (exact) mass is 368 g/mol. The fourth-order valence-electron chi connectivity index (χ4n) is 2.30. The number of imidazole rings is 1. The number of nitrogens with zero attached hydrogens (tertiary/aromatic N) is 2. The molecule has 108 valence electrons. The Morgan fingerprint density at radius 1 is 1.29 bits per heavy atom. The molecule has 21 heavy (non-hydrogen) atoms. The van der Waals surface area contributed by atoms with Gasteiger partial charge in [0.1, 0.15) is 17.4 Å². The Morgan fingerprint density at radius 2 is 2.10 bits per heavy atom. The van der Waals surface area contributed by atoms with Crippen molar-refractivity contribution < 1.29 is 9.13 Å². The van der Waals surface area contributed by atoms with Crippen LogP contribution in [0.3, 0.4) is 0 Å². The van der Waals surface area contributed by atoms with Gasteiger partial charge in [0.2, 0.25) is 0 Å². The Hall–Kier alpha value is -1.59. The second-order valence-electron chi connectivity index (χ2n) is 4.45. The van der Waals surface area contributed by atoms with Gasteiger partial charge in [-0.05, 0) is 30.3 Å². The Kier molecular flexibility index (Phi) is 3.87. The predicted octanol–water partition coefficient (Wildman–Crippen LogP) is 4.67. The molecule has 6 heteroatoms. The molecule has 1 heterocycles. The zero-order chi connectivity index (χ0) is 15.0. The highest BCUT2D eigenvalue weighted by atomic mass is 79.9. The second-order valence-corrected chi connectivity index (χ2v) is 5.63. The molecule has 0 amide bonds. The average Bonchev–Trinajstić information content (AvgIpc) is 2.84. The number of hydrogen-bond donors (Lipinski definition) is 0. The van der Waals surface area contributed by atoms with Gasteiger partial charge in [-0.2, -0.15) is 0 Å². The first-order chi connectivity index (χ1) is 10.1. The van der Waals surface area contributed by atoms with Crippen molar-refractivity contribution in [1.29, 1.82) is 0 Å². The summed E-state index contributed by atoms with van der Waals surface area (Å²) in [5, 5.41) is 0. The van der Waals surface area contributed by atoms with Gasteiger partial charge in [-0.15, -0.1) is 11.6 Å². The van der Waals surface area contributed by atoms with Crippen molar-refractivity contribution in [1.82, 2.24) is 9.55 Å². The largest absolute Gasteiger partial charge is 0.495 e. The molecule has 0 spiro atoms. The van der Waals surface area contributed by atoms with E-state index >= 15 is 0 Å². The first-order valence-electron chi connectivity index (χ1n) is 6.21. The number of rotatable bonds is 3. The molecule has 3 aromatic rings. The maximum Gasteiger partial charge on any atom is 0.142 e. The van der Waals surface area contributed by atoms with Gasteiger partial charge in [-0.25, -0.2) is 9.37 Å². The molecule has 0 N–H and O–H groups in total. The van der Waals surface area contributed by atoms with E-state index in [1.807, 2.05) is 22.8 Å². The lowest BCUT2D eigenvalue weighted by atomic mass is 10.2. The normalized spacial score (nSPS) is 11.0. The maximum absolute atomic E-state index is 13.4. The molecule has 0 aliphatic rings. The number of aromatic nitrogens is 2. The molecule has 0 aliphatic heterocycles. The number of fused-ring (bicyclic) bond motifs is 1. The molecule has 3 nitrogen and oxygen atoms in total. The zero-order valence-electron chi connectivity index (χ0n) is 11.1. The summed E-state index contributed by atoms with van der Waals surface area (Å²) in [7, 11) is 1.60. The van der Waals surface area contributed by atoms with Crippen LogP contribution in [-0.2, 0) is 5.88 Å². The number of benzene rings is 2. The molecule has 0 radical (unpaired) electrons. The third-order valence-corrected chi connectivity index (χ3v) is 3.92. The summed E-state index contributed by atoms with van der Waals surface area (Å²) in [6.07, 6.45) is 0. The summed E-state index contributed by atoms with van der Waals surface area (Å²) in [6, 6.07) is 10.1. The first-order valence-corrected chi connectivity index (χ1v) is 7.53. The minimum absolute atomic E-state index is 0.214. The Balaban J connectivity index is 2.36. The Labute approximate surface area is 134 Å². The summed E-state index contributed by atoms with van der Waals surface area (Å²) in [4.78, 5) is 4.39. The summed E-state index contributed by atoms with van der Waals surface area (Å²) in [5.41, 5.74) is 2.15. The summed E-state index contributed by atoms with van der Waals surface area (Å²) in [5.74, 6) is 1.21. The van der Waals surface area contributed by atoms with E-state index < -0.39 is 0 Å². The number of hydrogen-bond acceptors (Lipinski definition) is 2.